The number of hydrogen-bond donors (Lipinski definition) is 1. The number of halogens is 2. The lowest BCUT2D eigenvalue weighted by atomic mass is 9.89. The van der Waals surface area contributed by atoms with Crippen molar-refractivity contribution in [3.05, 3.63) is 35.4 Å². The molecule has 1 aromatic carbocycles. The van der Waals surface area contributed by atoms with E-state index < -0.39 is 0 Å². The molecule has 0 aliphatic heterocycles. The fourth-order valence-corrected chi connectivity index (χ4v) is 2.93. The first kappa shape index (κ1) is 12.5. The van der Waals surface area contributed by atoms with Crippen molar-refractivity contribution in [1.29, 1.82) is 0 Å². The van der Waals surface area contributed by atoms with Gasteiger partial charge in [-0.1, -0.05) is 6.92 Å². The highest BCUT2D eigenvalue weighted by Gasteiger charge is 2.32. The van der Waals surface area contributed by atoms with Gasteiger partial charge in [0.15, 0.2) is 0 Å². The first-order valence-electron chi connectivity index (χ1n) is 6.23. The summed E-state index contributed by atoms with van der Waals surface area (Å²) in [6.07, 6.45) is 2.85. The number of nitrogens with one attached hydrogen (secondary N) is 1. The highest BCUT2D eigenvalue weighted by molar-refractivity contribution is 5.19. The molecule has 0 amide bonds. The van der Waals surface area contributed by atoms with Gasteiger partial charge in [-0.15, -0.1) is 0 Å². The van der Waals surface area contributed by atoms with Crippen LogP contribution < -0.4 is 5.32 Å². The van der Waals surface area contributed by atoms with Gasteiger partial charge in [-0.2, -0.15) is 0 Å². The zero-order valence-corrected chi connectivity index (χ0v) is 10.3. The fraction of sp³-hybridized carbons (Fsp3) is 0.571. The predicted molar refractivity (Wildman–Crippen MR) is 64.8 cm³/mol. The molecule has 0 heterocycles. The molecule has 3 unspecified atom stereocenters. The van der Waals surface area contributed by atoms with Crippen LogP contribution >= 0.6 is 0 Å². The van der Waals surface area contributed by atoms with Crippen molar-refractivity contribution < 1.29 is 8.78 Å². The Morgan fingerprint density at radius 1 is 1.29 bits per heavy atom. The van der Waals surface area contributed by atoms with Crippen molar-refractivity contribution in [2.24, 2.45) is 11.8 Å². The third kappa shape index (κ3) is 2.65. The van der Waals surface area contributed by atoms with Crippen LogP contribution in [0.15, 0.2) is 18.2 Å². The summed E-state index contributed by atoms with van der Waals surface area (Å²) >= 11 is 0. The van der Waals surface area contributed by atoms with E-state index >= 15 is 0 Å². The van der Waals surface area contributed by atoms with E-state index in [2.05, 4.69) is 12.2 Å². The maximum absolute atomic E-state index is 13.5. The number of hydrogen-bond acceptors (Lipinski definition) is 1. The van der Waals surface area contributed by atoms with Crippen LogP contribution in [-0.4, -0.2) is 13.1 Å². The van der Waals surface area contributed by atoms with E-state index in [0.717, 1.165) is 12.8 Å². The summed E-state index contributed by atoms with van der Waals surface area (Å²) < 4.78 is 26.6. The van der Waals surface area contributed by atoms with E-state index in [0.29, 0.717) is 29.9 Å². The van der Waals surface area contributed by atoms with Gasteiger partial charge in [0.05, 0.1) is 0 Å². The SMILES string of the molecule is CNC1CCC(Cc2cc(F)ccc2F)C1C. The van der Waals surface area contributed by atoms with Gasteiger partial charge in [0.25, 0.3) is 0 Å². The van der Waals surface area contributed by atoms with Gasteiger partial charge in [0.1, 0.15) is 11.6 Å². The molecule has 0 radical (unpaired) electrons. The van der Waals surface area contributed by atoms with Crippen molar-refractivity contribution in [2.45, 2.75) is 32.2 Å². The summed E-state index contributed by atoms with van der Waals surface area (Å²) in [6.45, 7) is 2.19. The van der Waals surface area contributed by atoms with Crippen LogP contribution in [0, 0.1) is 23.5 Å². The summed E-state index contributed by atoms with van der Waals surface area (Å²) in [5.41, 5.74) is 0.513. The van der Waals surface area contributed by atoms with Gasteiger partial charge >= 0.3 is 0 Å². The third-order valence-corrected chi connectivity index (χ3v) is 4.09. The van der Waals surface area contributed by atoms with E-state index in [-0.39, 0.29) is 11.6 Å². The van der Waals surface area contributed by atoms with Gasteiger partial charge < -0.3 is 5.32 Å². The molecule has 0 aromatic heterocycles. The van der Waals surface area contributed by atoms with Crippen LogP contribution in [0.5, 0.6) is 0 Å². The minimum Gasteiger partial charge on any atom is -0.317 e. The van der Waals surface area contributed by atoms with Crippen LogP contribution in [0.4, 0.5) is 8.78 Å². The molecule has 94 valence electrons. The lowest BCUT2D eigenvalue weighted by molar-refractivity contribution is 0.360. The summed E-state index contributed by atoms with van der Waals surface area (Å²) in [5.74, 6) is 0.329. The Balaban J connectivity index is 2.09. The molecular weight excluding hydrogens is 220 g/mol. The quantitative estimate of drug-likeness (QED) is 0.854. The Morgan fingerprint density at radius 2 is 2.06 bits per heavy atom. The highest BCUT2D eigenvalue weighted by atomic mass is 19.1. The molecule has 1 saturated carbocycles. The Kier molecular flexibility index (Phi) is 3.77. The van der Waals surface area contributed by atoms with E-state index in [1.165, 1.54) is 18.2 Å². The highest BCUT2D eigenvalue weighted by Crippen LogP contribution is 2.34. The summed E-state index contributed by atoms with van der Waals surface area (Å²) in [4.78, 5) is 0. The first-order chi connectivity index (χ1) is 8.11. The summed E-state index contributed by atoms with van der Waals surface area (Å²) in [5, 5.41) is 3.29. The van der Waals surface area contributed by atoms with Gasteiger partial charge in [-0.3, -0.25) is 0 Å². The van der Waals surface area contributed by atoms with Crippen LogP contribution in [-0.2, 0) is 6.42 Å². The minimum atomic E-state index is -0.350. The average Bonchev–Trinajstić information content (AvgIpc) is 2.65. The second-order valence-corrected chi connectivity index (χ2v) is 5.03. The predicted octanol–water partition coefficient (Wildman–Crippen LogP) is 3.14. The first-order valence-corrected chi connectivity index (χ1v) is 6.23. The summed E-state index contributed by atoms with van der Waals surface area (Å²) in [6, 6.07) is 4.23. The van der Waals surface area contributed by atoms with E-state index in [1.54, 1.807) is 0 Å². The van der Waals surface area contributed by atoms with Gasteiger partial charge in [0, 0.05) is 6.04 Å². The standard InChI is InChI=1S/C14H19F2N/c1-9-10(3-6-14(9)17-2)7-11-8-12(15)4-5-13(11)16/h4-5,8-10,14,17H,3,6-7H2,1-2H3. The maximum Gasteiger partial charge on any atom is 0.126 e. The molecular formula is C14H19F2N. The molecule has 2 rings (SSSR count). The third-order valence-electron chi connectivity index (χ3n) is 4.09. The van der Waals surface area contributed by atoms with Crippen LogP contribution in [0.25, 0.3) is 0 Å². The number of rotatable bonds is 3. The molecule has 1 aliphatic carbocycles. The van der Waals surface area contributed by atoms with Crippen LogP contribution in [0.1, 0.15) is 25.3 Å². The fourth-order valence-electron chi connectivity index (χ4n) is 2.93. The number of benzene rings is 1. The van der Waals surface area contributed by atoms with E-state index in [1.807, 2.05) is 7.05 Å². The Labute approximate surface area is 101 Å². The molecule has 3 atom stereocenters. The zero-order valence-electron chi connectivity index (χ0n) is 10.3. The normalized spacial score (nSPS) is 28.6. The van der Waals surface area contributed by atoms with Crippen molar-refractivity contribution in [3.63, 3.8) is 0 Å². The Morgan fingerprint density at radius 3 is 2.71 bits per heavy atom. The van der Waals surface area contributed by atoms with E-state index in [4.69, 9.17) is 0 Å². The molecule has 0 spiro atoms. The lowest BCUT2D eigenvalue weighted by Crippen LogP contribution is -2.29. The molecule has 1 fully saturated rings. The second kappa shape index (κ2) is 5.13. The average molecular weight is 239 g/mol. The van der Waals surface area contributed by atoms with Crippen LogP contribution in [0.2, 0.25) is 0 Å². The van der Waals surface area contributed by atoms with E-state index in [9.17, 15) is 8.78 Å². The molecule has 17 heavy (non-hydrogen) atoms. The van der Waals surface area contributed by atoms with Crippen LogP contribution in [0.3, 0.4) is 0 Å². The second-order valence-electron chi connectivity index (χ2n) is 5.03. The topological polar surface area (TPSA) is 12.0 Å². The zero-order chi connectivity index (χ0) is 12.4. The smallest absolute Gasteiger partial charge is 0.126 e. The molecule has 1 nitrogen and oxygen atoms in total. The van der Waals surface area contributed by atoms with Crippen molar-refractivity contribution in [2.75, 3.05) is 7.05 Å². The van der Waals surface area contributed by atoms with Gasteiger partial charge in [-0.05, 0) is 61.9 Å². The minimum absolute atomic E-state index is 0.286. The largest absolute Gasteiger partial charge is 0.317 e. The lowest BCUT2D eigenvalue weighted by Gasteiger charge is -2.20. The Hall–Kier alpha value is -0.960. The molecule has 3 heteroatoms. The molecule has 0 saturated heterocycles. The molecule has 1 N–H and O–H groups in total. The monoisotopic (exact) mass is 239 g/mol. The van der Waals surface area contributed by atoms with Gasteiger partial charge in [-0.25, -0.2) is 8.78 Å². The van der Waals surface area contributed by atoms with Crippen molar-refractivity contribution in [3.8, 4) is 0 Å². The maximum atomic E-state index is 13.5. The van der Waals surface area contributed by atoms with Crippen molar-refractivity contribution >= 4 is 0 Å². The van der Waals surface area contributed by atoms with Crippen molar-refractivity contribution in [1.82, 2.24) is 5.32 Å². The Bertz CT molecular complexity index is 392. The molecule has 1 aromatic rings. The summed E-state index contributed by atoms with van der Waals surface area (Å²) in [7, 11) is 1.96. The van der Waals surface area contributed by atoms with Gasteiger partial charge in [0.2, 0.25) is 0 Å². The molecule has 1 aliphatic rings. The molecule has 0 bridgehead atoms.